The summed E-state index contributed by atoms with van der Waals surface area (Å²) < 4.78 is 5.88. The van der Waals surface area contributed by atoms with Gasteiger partial charge in [0.1, 0.15) is 0 Å². The lowest BCUT2D eigenvalue weighted by Gasteiger charge is -2.13. The van der Waals surface area contributed by atoms with E-state index in [1.165, 1.54) is 18.5 Å². The zero-order chi connectivity index (χ0) is 10.5. The predicted molar refractivity (Wildman–Crippen MR) is 61.8 cm³/mol. The van der Waals surface area contributed by atoms with Gasteiger partial charge in [-0.3, -0.25) is 0 Å². The van der Waals surface area contributed by atoms with Gasteiger partial charge in [0.25, 0.3) is 0 Å². The van der Waals surface area contributed by atoms with Crippen molar-refractivity contribution in [3.8, 4) is 0 Å². The van der Waals surface area contributed by atoms with Gasteiger partial charge in [0.05, 0.1) is 12.7 Å². The van der Waals surface area contributed by atoms with E-state index in [0.29, 0.717) is 6.10 Å². The monoisotopic (exact) mass is 205 g/mol. The molecule has 82 valence electrons. The lowest BCUT2D eigenvalue weighted by molar-refractivity contribution is 0.0470. The molecule has 0 N–H and O–H groups in total. The van der Waals surface area contributed by atoms with E-state index in [1.54, 1.807) is 0 Å². The maximum Gasteiger partial charge on any atom is 0.0721 e. The Morgan fingerprint density at radius 1 is 1.33 bits per heavy atom. The van der Waals surface area contributed by atoms with Crippen LogP contribution in [0.3, 0.4) is 0 Å². The zero-order valence-corrected chi connectivity index (χ0v) is 9.36. The molecule has 1 heterocycles. The van der Waals surface area contributed by atoms with Crippen molar-refractivity contribution in [3.63, 3.8) is 0 Å². The molecule has 1 atom stereocenters. The summed E-state index contributed by atoms with van der Waals surface area (Å²) in [6, 6.07) is 10.4. The van der Waals surface area contributed by atoms with E-state index in [1.807, 2.05) is 6.07 Å². The van der Waals surface area contributed by atoms with Gasteiger partial charge in [0.15, 0.2) is 0 Å². The van der Waals surface area contributed by atoms with Crippen molar-refractivity contribution >= 4 is 0 Å². The molecule has 1 unspecified atom stereocenters. The molecular weight excluding hydrogens is 186 g/mol. The Bertz CT molecular complexity index is 286. The van der Waals surface area contributed by atoms with Gasteiger partial charge in [-0.2, -0.15) is 0 Å². The lowest BCUT2D eigenvalue weighted by atomic mass is 10.2. The van der Waals surface area contributed by atoms with E-state index in [2.05, 4.69) is 36.1 Å². The van der Waals surface area contributed by atoms with Gasteiger partial charge in [0, 0.05) is 13.1 Å². The van der Waals surface area contributed by atoms with Gasteiger partial charge in [-0.15, -0.1) is 0 Å². The molecule has 1 aromatic rings. The summed E-state index contributed by atoms with van der Waals surface area (Å²) in [5.41, 5.74) is 1.27. The highest BCUT2D eigenvalue weighted by molar-refractivity contribution is 5.13. The summed E-state index contributed by atoms with van der Waals surface area (Å²) >= 11 is 0. The average Bonchev–Trinajstić information content (AvgIpc) is 2.76. The van der Waals surface area contributed by atoms with Gasteiger partial charge < -0.3 is 9.64 Å². The van der Waals surface area contributed by atoms with E-state index in [9.17, 15) is 0 Å². The van der Waals surface area contributed by atoms with Gasteiger partial charge in [-0.25, -0.2) is 0 Å². The predicted octanol–water partition coefficient (Wildman–Crippen LogP) is 2.30. The molecule has 1 aromatic carbocycles. The molecule has 0 bridgehead atoms. The second-order valence-electron chi connectivity index (χ2n) is 4.10. The van der Waals surface area contributed by atoms with Crippen molar-refractivity contribution in [1.29, 1.82) is 0 Å². The number of ether oxygens (including phenoxy) is 1. The second kappa shape index (κ2) is 5.29. The molecule has 2 rings (SSSR count). The number of likely N-dealkylation sites (tertiary alicyclic amines) is 1. The van der Waals surface area contributed by atoms with Crippen molar-refractivity contribution in [3.05, 3.63) is 35.9 Å². The largest absolute Gasteiger partial charge is 0.372 e. The summed E-state index contributed by atoms with van der Waals surface area (Å²) in [6.45, 7) is 6.40. The molecule has 0 saturated carbocycles. The molecule has 2 heteroatoms. The molecule has 0 aromatic heterocycles. The second-order valence-corrected chi connectivity index (χ2v) is 4.10. The molecule has 0 amide bonds. The summed E-state index contributed by atoms with van der Waals surface area (Å²) in [5.74, 6) is 0. The number of hydrogen-bond acceptors (Lipinski definition) is 2. The number of benzene rings is 1. The molecule has 0 aliphatic carbocycles. The Hall–Kier alpha value is -0.860. The van der Waals surface area contributed by atoms with Crippen molar-refractivity contribution in [2.75, 3.05) is 19.6 Å². The van der Waals surface area contributed by atoms with Crippen LogP contribution in [0, 0.1) is 0 Å². The van der Waals surface area contributed by atoms with Crippen molar-refractivity contribution in [2.45, 2.75) is 26.1 Å². The maximum atomic E-state index is 5.88. The molecule has 0 radical (unpaired) electrons. The molecule has 1 saturated heterocycles. The minimum absolute atomic E-state index is 0.435. The maximum absolute atomic E-state index is 5.88. The highest BCUT2D eigenvalue weighted by Gasteiger charge is 2.21. The first-order chi connectivity index (χ1) is 7.38. The van der Waals surface area contributed by atoms with E-state index in [0.717, 1.165) is 19.7 Å². The van der Waals surface area contributed by atoms with Crippen LogP contribution in [0.2, 0.25) is 0 Å². The van der Waals surface area contributed by atoms with Crippen molar-refractivity contribution in [2.24, 2.45) is 0 Å². The van der Waals surface area contributed by atoms with E-state index < -0.39 is 0 Å². The highest BCUT2D eigenvalue weighted by atomic mass is 16.5. The van der Waals surface area contributed by atoms with E-state index in [4.69, 9.17) is 4.74 Å². The number of nitrogens with zero attached hydrogens (tertiary/aromatic N) is 1. The third kappa shape index (κ3) is 3.05. The van der Waals surface area contributed by atoms with Crippen molar-refractivity contribution < 1.29 is 4.74 Å². The fourth-order valence-electron chi connectivity index (χ4n) is 2.01. The molecule has 0 spiro atoms. The normalized spacial score (nSPS) is 22.1. The first-order valence-electron chi connectivity index (χ1n) is 5.76. The molecular formula is C13H19NO. The Morgan fingerprint density at radius 3 is 2.80 bits per heavy atom. The van der Waals surface area contributed by atoms with Gasteiger partial charge in [-0.1, -0.05) is 37.3 Å². The van der Waals surface area contributed by atoms with Crippen LogP contribution in [0.25, 0.3) is 0 Å². The third-order valence-electron chi connectivity index (χ3n) is 3.00. The van der Waals surface area contributed by atoms with Crippen LogP contribution in [-0.2, 0) is 11.3 Å². The SMILES string of the molecule is CCN1CCC(OCc2ccccc2)C1. The highest BCUT2D eigenvalue weighted by Crippen LogP contribution is 2.14. The average molecular weight is 205 g/mol. The Morgan fingerprint density at radius 2 is 2.13 bits per heavy atom. The molecule has 15 heavy (non-hydrogen) atoms. The topological polar surface area (TPSA) is 12.5 Å². The number of hydrogen-bond donors (Lipinski definition) is 0. The molecule has 1 aliphatic rings. The minimum Gasteiger partial charge on any atom is -0.372 e. The van der Waals surface area contributed by atoms with Crippen molar-refractivity contribution in [1.82, 2.24) is 4.90 Å². The van der Waals surface area contributed by atoms with Crippen LogP contribution in [0.5, 0.6) is 0 Å². The van der Waals surface area contributed by atoms with Gasteiger partial charge in [0.2, 0.25) is 0 Å². The minimum atomic E-state index is 0.435. The zero-order valence-electron chi connectivity index (χ0n) is 9.36. The van der Waals surface area contributed by atoms with E-state index >= 15 is 0 Å². The summed E-state index contributed by atoms with van der Waals surface area (Å²) in [5, 5.41) is 0. The molecule has 1 aliphatic heterocycles. The summed E-state index contributed by atoms with van der Waals surface area (Å²) in [7, 11) is 0. The van der Waals surface area contributed by atoms with Crippen LogP contribution in [0.4, 0.5) is 0 Å². The van der Waals surface area contributed by atoms with Crippen LogP contribution < -0.4 is 0 Å². The standard InChI is InChI=1S/C13H19NO/c1-2-14-9-8-13(10-14)15-11-12-6-4-3-5-7-12/h3-7,13H,2,8-11H2,1H3. The quantitative estimate of drug-likeness (QED) is 0.748. The Kier molecular flexibility index (Phi) is 3.75. The van der Waals surface area contributed by atoms with Crippen LogP contribution in [0.1, 0.15) is 18.9 Å². The Balaban J connectivity index is 1.75. The van der Waals surface area contributed by atoms with Crippen LogP contribution in [-0.4, -0.2) is 30.6 Å². The summed E-state index contributed by atoms with van der Waals surface area (Å²) in [4.78, 5) is 2.44. The smallest absolute Gasteiger partial charge is 0.0721 e. The first-order valence-corrected chi connectivity index (χ1v) is 5.76. The fraction of sp³-hybridized carbons (Fsp3) is 0.538. The lowest BCUT2D eigenvalue weighted by Crippen LogP contribution is -2.22. The third-order valence-corrected chi connectivity index (χ3v) is 3.00. The van der Waals surface area contributed by atoms with E-state index in [-0.39, 0.29) is 0 Å². The molecule has 2 nitrogen and oxygen atoms in total. The van der Waals surface area contributed by atoms with Crippen LogP contribution in [0.15, 0.2) is 30.3 Å². The fourth-order valence-corrected chi connectivity index (χ4v) is 2.01. The van der Waals surface area contributed by atoms with Gasteiger partial charge in [-0.05, 0) is 18.5 Å². The van der Waals surface area contributed by atoms with Gasteiger partial charge >= 0.3 is 0 Å². The first kappa shape index (κ1) is 10.7. The summed E-state index contributed by atoms with van der Waals surface area (Å²) in [6.07, 6.45) is 1.62. The number of likely N-dealkylation sites (N-methyl/N-ethyl adjacent to an activating group) is 1. The van der Waals surface area contributed by atoms with Crippen LogP contribution >= 0.6 is 0 Å². The Labute approximate surface area is 91.9 Å². The number of rotatable bonds is 4. The molecule has 1 fully saturated rings.